The van der Waals surface area contributed by atoms with Gasteiger partial charge in [-0.3, -0.25) is 9.59 Å². The molecule has 2 amide bonds. The predicted octanol–water partition coefficient (Wildman–Crippen LogP) is 0.986. The minimum absolute atomic E-state index is 0.0161. The van der Waals surface area contributed by atoms with E-state index in [2.05, 4.69) is 5.32 Å². The maximum Gasteiger partial charge on any atom is 0.243 e. The number of nitrogens with one attached hydrogen (secondary N) is 1. The smallest absolute Gasteiger partial charge is 0.243 e. The van der Waals surface area contributed by atoms with Crippen molar-refractivity contribution < 1.29 is 27.5 Å². The van der Waals surface area contributed by atoms with Crippen LogP contribution in [0.3, 0.4) is 0 Å². The van der Waals surface area contributed by atoms with Crippen molar-refractivity contribution in [2.24, 2.45) is 5.92 Å². The number of likely N-dealkylation sites (tertiary alicyclic amines) is 1. The lowest BCUT2D eigenvalue weighted by Gasteiger charge is -2.34. The maximum absolute atomic E-state index is 13.0. The highest BCUT2D eigenvalue weighted by Crippen LogP contribution is 2.34. The molecule has 10 heteroatoms. The highest BCUT2D eigenvalue weighted by Gasteiger charge is 2.34. The van der Waals surface area contributed by atoms with E-state index in [4.69, 9.17) is 9.47 Å². The van der Waals surface area contributed by atoms with Crippen LogP contribution in [0.15, 0.2) is 23.1 Å². The number of hydrogen-bond donors (Lipinski definition) is 1. The molecule has 2 saturated heterocycles. The topological polar surface area (TPSA) is 105 Å². The molecular weight excluding hydrogens is 422 g/mol. The Morgan fingerprint density at radius 2 is 1.61 bits per heavy atom. The number of ether oxygens (including phenoxy) is 2. The minimum atomic E-state index is -3.66. The summed E-state index contributed by atoms with van der Waals surface area (Å²) in [6, 6.07) is 4.74. The Labute approximate surface area is 182 Å². The van der Waals surface area contributed by atoms with Crippen molar-refractivity contribution in [3.8, 4) is 11.5 Å². The van der Waals surface area contributed by atoms with E-state index in [0.717, 1.165) is 12.8 Å². The third kappa shape index (κ3) is 4.79. The van der Waals surface area contributed by atoms with Gasteiger partial charge in [0.25, 0.3) is 0 Å². The third-order valence-corrected chi connectivity index (χ3v) is 8.16. The quantitative estimate of drug-likeness (QED) is 0.732. The fraction of sp³-hybridized carbons (Fsp3) is 0.619. The van der Waals surface area contributed by atoms with Gasteiger partial charge in [0.05, 0.1) is 4.90 Å². The number of piperidine rings is 2. The summed E-state index contributed by atoms with van der Waals surface area (Å²) in [5.41, 5.74) is 0. The summed E-state index contributed by atoms with van der Waals surface area (Å²) < 4.78 is 38.5. The Balaban J connectivity index is 1.31. The minimum Gasteiger partial charge on any atom is -0.486 e. The zero-order valence-electron chi connectivity index (χ0n) is 17.7. The van der Waals surface area contributed by atoms with E-state index in [9.17, 15) is 18.0 Å². The predicted molar refractivity (Wildman–Crippen MR) is 112 cm³/mol. The van der Waals surface area contributed by atoms with Gasteiger partial charge in [0.1, 0.15) is 13.2 Å². The van der Waals surface area contributed by atoms with E-state index in [-0.39, 0.29) is 28.7 Å². The molecule has 0 spiro atoms. The van der Waals surface area contributed by atoms with E-state index in [1.54, 1.807) is 17.9 Å². The number of sulfonamides is 1. The molecule has 0 atom stereocenters. The molecule has 31 heavy (non-hydrogen) atoms. The van der Waals surface area contributed by atoms with Crippen molar-refractivity contribution in [2.75, 3.05) is 39.4 Å². The monoisotopic (exact) mass is 451 g/mol. The van der Waals surface area contributed by atoms with E-state index < -0.39 is 10.0 Å². The lowest BCUT2D eigenvalue weighted by molar-refractivity contribution is -0.130. The maximum atomic E-state index is 13.0. The van der Waals surface area contributed by atoms with Crippen LogP contribution in [0.5, 0.6) is 11.5 Å². The lowest BCUT2D eigenvalue weighted by Crippen LogP contribution is -2.49. The van der Waals surface area contributed by atoms with Gasteiger partial charge in [-0.1, -0.05) is 0 Å². The summed E-state index contributed by atoms with van der Waals surface area (Å²) in [6.45, 7) is 4.33. The normalized spacial score (nSPS) is 21.0. The van der Waals surface area contributed by atoms with Crippen LogP contribution < -0.4 is 14.8 Å². The van der Waals surface area contributed by atoms with Gasteiger partial charge in [-0.15, -0.1) is 0 Å². The number of nitrogens with zero attached hydrogens (tertiary/aromatic N) is 2. The average molecular weight is 452 g/mol. The van der Waals surface area contributed by atoms with Crippen molar-refractivity contribution in [2.45, 2.75) is 43.5 Å². The van der Waals surface area contributed by atoms with Crippen LogP contribution in [-0.2, 0) is 19.6 Å². The van der Waals surface area contributed by atoms with Gasteiger partial charge in [0.2, 0.25) is 21.8 Å². The lowest BCUT2D eigenvalue weighted by atomic mass is 9.96. The van der Waals surface area contributed by atoms with Gasteiger partial charge < -0.3 is 19.7 Å². The Bertz CT molecular complexity index is 934. The first kappa shape index (κ1) is 21.9. The molecule has 3 aliphatic rings. The molecule has 170 valence electrons. The number of carbonyl (C=O) groups is 2. The highest BCUT2D eigenvalue weighted by molar-refractivity contribution is 7.89. The van der Waals surface area contributed by atoms with Crippen molar-refractivity contribution in [1.82, 2.24) is 14.5 Å². The van der Waals surface area contributed by atoms with Gasteiger partial charge in [-0.05, 0) is 37.8 Å². The SMILES string of the molecule is CC(=O)N1CCC(NC(=O)C2CCN(S(=O)(=O)c3ccc4c(c3)OCCO4)CC2)CC1. The Morgan fingerprint density at radius 1 is 0.968 bits per heavy atom. The highest BCUT2D eigenvalue weighted by atomic mass is 32.2. The van der Waals surface area contributed by atoms with E-state index in [1.165, 1.54) is 16.4 Å². The molecule has 1 N–H and O–H groups in total. The van der Waals surface area contributed by atoms with Crippen LogP contribution in [0.25, 0.3) is 0 Å². The summed E-state index contributed by atoms with van der Waals surface area (Å²) in [4.78, 5) is 26.1. The molecule has 3 heterocycles. The van der Waals surface area contributed by atoms with E-state index >= 15 is 0 Å². The standard InChI is InChI=1S/C21H29N3O6S/c1-15(25)23-8-6-17(7-9-23)22-21(26)16-4-10-24(11-5-16)31(27,28)18-2-3-19-20(14-18)30-13-12-29-19/h2-3,14,16-17H,4-13H2,1H3,(H,22,26). The summed E-state index contributed by atoms with van der Waals surface area (Å²) in [5.74, 6) is 0.846. The van der Waals surface area contributed by atoms with Gasteiger partial charge in [-0.25, -0.2) is 8.42 Å². The molecule has 4 rings (SSSR count). The van der Waals surface area contributed by atoms with Crippen molar-refractivity contribution in [3.05, 3.63) is 18.2 Å². The Hall–Kier alpha value is -2.33. The molecule has 1 aromatic carbocycles. The van der Waals surface area contributed by atoms with Gasteiger partial charge in [0, 0.05) is 51.1 Å². The van der Waals surface area contributed by atoms with E-state index in [0.29, 0.717) is 63.7 Å². The molecule has 0 aromatic heterocycles. The molecular formula is C21H29N3O6S. The largest absolute Gasteiger partial charge is 0.486 e. The van der Waals surface area contributed by atoms with Crippen molar-refractivity contribution >= 4 is 21.8 Å². The Morgan fingerprint density at radius 3 is 2.26 bits per heavy atom. The van der Waals surface area contributed by atoms with Crippen LogP contribution in [0.1, 0.15) is 32.6 Å². The Kier molecular flexibility index (Phi) is 6.38. The van der Waals surface area contributed by atoms with Gasteiger partial charge in [0.15, 0.2) is 11.5 Å². The van der Waals surface area contributed by atoms with Crippen LogP contribution in [0.4, 0.5) is 0 Å². The molecule has 0 saturated carbocycles. The molecule has 0 aliphatic carbocycles. The van der Waals surface area contributed by atoms with Crippen molar-refractivity contribution in [3.63, 3.8) is 0 Å². The van der Waals surface area contributed by atoms with Crippen LogP contribution >= 0.6 is 0 Å². The molecule has 0 unspecified atom stereocenters. The number of benzene rings is 1. The molecule has 0 bridgehead atoms. The van der Waals surface area contributed by atoms with Crippen LogP contribution in [0, 0.1) is 5.92 Å². The number of fused-ring (bicyclic) bond motifs is 1. The van der Waals surface area contributed by atoms with Crippen LogP contribution in [0.2, 0.25) is 0 Å². The number of hydrogen-bond acceptors (Lipinski definition) is 6. The second-order valence-corrected chi connectivity index (χ2v) is 10.2. The van der Waals surface area contributed by atoms with Crippen LogP contribution in [-0.4, -0.2) is 74.9 Å². The molecule has 9 nitrogen and oxygen atoms in total. The second-order valence-electron chi connectivity index (χ2n) is 8.27. The summed E-state index contributed by atoms with van der Waals surface area (Å²) in [7, 11) is -3.66. The molecule has 1 aromatic rings. The van der Waals surface area contributed by atoms with Gasteiger partial charge >= 0.3 is 0 Å². The number of rotatable bonds is 4. The van der Waals surface area contributed by atoms with Crippen molar-refractivity contribution in [1.29, 1.82) is 0 Å². The molecule has 3 aliphatic heterocycles. The second kappa shape index (κ2) is 9.04. The number of carbonyl (C=O) groups excluding carboxylic acids is 2. The summed E-state index contributed by atoms with van der Waals surface area (Å²) >= 11 is 0. The average Bonchev–Trinajstić information content (AvgIpc) is 2.79. The first-order valence-electron chi connectivity index (χ1n) is 10.8. The fourth-order valence-electron chi connectivity index (χ4n) is 4.35. The number of amides is 2. The third-order valence-electron chi connectivity index (χ3n) is 6.26. The first-order valence-corrected chi connectivity index (χ1v) is 12.2. The van der Waals surface area contributed by atoms with Gasteiger partial charge in [-0.2, -0.15) is 4.31 Å². The summed E-state index contributed by atoms with van der Waals surface area (Å²) in [6.07, 6.45) is 2.48. The zero-order valence-corrected chi connectivity index (χ0v) is 18.5. The zero-order chi connectivity index (χ0) is 22.0. The molecule has 0 radical (unpaired) electrons. The summed E-state index contributed by atoms with van der Waals surface area (Å²) in [5, 5.41) is 3.09. The first-order chi connectivity index (χ1) is 14.8. The molecule has 2 fully saturated rings. The fourth-order valence-corrected chi connectivity index (χ4v) is 5.83. The van der Waals surface area contributed by atoms with E-state index in [1.807, 2.05) is 0 Å².